The maximum atomic E-state index is 11.4. The summed E-state index contributed by atoms with van der Waals surface area (Å²) in [7, 11) is -4.71. The van der Waals surface area contributed by atoms with E-state index in [0.717, 1.165) is 39.3 Å². The number of hydrogen-bond acceptors (Lipinski definition) is 4. The molecule has 9 heteroatoms. The number of carbonyl (C=O) groups excluding carboxylic acids is 1. The van der Waals surface area contributed by atoms with E-state index in [1.165, 1.54) is 0 Å². The van der Waals surface area contributed by atoms with Gasteiger partial charge in [-0.25, -0.2) is 4.57 Å². The molecule has 0 heterocycles. The monoisotopic (exact) mass is 578 g/mol. The number of carbonyl (C=O) groups is 1. The molecule has 144 valence electrons. The molecular formula is C20H17O5PSY2. The van der Waals surface area contributed by atoms with Gasteiger partial charge in [-0.3, -0.25) is 14.6 Å². The molecule has 0 saturated heterocycles. The third kappa shape index (κ3) is 7.79. The van der Waals surface area contributed by atoms with Crippen molar-refractivity contribution in [1.82, 2.24) is 0 Å². The quantitative estimate of drug-likeness (QED) is 0.180. The second kappa shape index (κ2) is 12.0. The van der Waals surface area contributed by atoms with Gasteiger partial charge in [0.05, 0.1) is 0 Å². The molecule has 0 bridgehead atoms. The average molecular weight is 578 g/mol. The first-order chi connectivity index (χ1) is 12.9. The molecule has 29 heavy (non-hydrogen) atoms. The summed E-state index contributed by atoms with van der Waals surface area (Å²) in [6.07, 6.45) is 0.793. The fourth-order valence-corrected chi connectivity index (χ4v) is 4.13. The Morgan fingerprint density at radius 3 is 2.21 bits per heavy atom. The van der Waals surface area contributed by atoms with Gasteiger partial charge in [0.25, 0.3) is 0 Å². The van der Waals surface area contributed by atoms with Crippen molar-refractivity contribution < 1.29 is 89.1 Å². The van der Waals surface area contributed by atoms with Crippen molar-refractivity contribution in [3.63, 3.8) is 0 Å². The van der Waals surface area contributed by atoms with Crippen LogP contribution in [-0.4, -0.2) is 16.1 Å². The Bertz CT molecular complexity index is 1070. The molecule has 2 N–H and O–H groups in total. The molecule has 0 spiro atoms. The summed E-state index contributed by atoms with van der Waals surface area (Å²) in [5.41, 5.74) is 1.97. The topological polar surface area (TPSA) is 83.8 Å². The summed E-state index contributed by atoms with van der Waals surface area (Å²) in [5, 5.41) is 1.96. The molecular weight excluding hydrogens is 561 g/mol. The molecule has 3 rings (SSSR count). The first kappa shape index (κ1) is 26.9. The van der Waals surface area contributed by atoms with Crippen LogP contribution in [0, 0.1) is 0 Å². The molecule has 0 aliphatic heterocycles. The Morgan fingerprint density at radius 1 is 0.966 bits per heavy atom. The van der Waals surface area contributed by atoms with Crippen molar-refractivity contribution >= 4 is 42.2 Å². The van der Waals surface area contributed by atoms with Crippen molar-refractivity contribution in [3.05, 3.63) is 82.9 Å². The zero-order valence-corrected chi connectivity index (χ0v) is 22.9. The van der Waals surface area contributed by atoms with Crippen LogP contribution in [0.4, 0.5) is 0 Å². The Morgan fingerprint density at radius 2 is 1.59 bits per heavy atom. The number of rotatable bonds is 6. The maximum Gasteiger partial charge on any atom is 0.525 e. The van der Waals surface area contributed by atoms with E-state index < -0.39 is 7.82 Å². The zero-order chi connectivity index (χ0) is 19.4. The van der Waals surface area contributed by atoms with Gasteiger partial charge in [-0.05, 0) is 47.5 Å². The van der Waals surface area contributed by atoms with E-state index in [2.05, 4.69) is 0 Å². The number of fused-ring (bicyclic) bond motifs is 1. The molecule has 0 atom stereocenters. The Labute approximate surface area is 223 Å². The molecule has 5 nitrogen and oxygen atoms in total. The predicted octanol–water partition coefficient (Wildman–Crippen LogP) is 5.24. The molecule has 0 aromatic heterocycles. The predicted molar refractivity (Wildman–Crippen MR) is 107 cm³/mol. The molecule has 3 aromatic carbocycles. The molecule has 0 aliphatic rings. The Kier molecular flexibility index (Phi) is 11.1. The number of benzene rings is 3. The maximum absolute atomic E-state index is 11.4. The van der Waals surface area contributed by atoms with Gasteiger partial charge in [0, 0.05) is 81.5 Å². The van der Waals surface area contributed by atoms with Crippen LogP contribution in [-0.2, 0) is 74.5 Å². The summed E-state index contributed by atoms with van der Waals surface area (Å²) in [4.78, 5) is 30.3. The number of allylic oxidation sites excluding steroid dienone is 1. The van der Waals surface area contributed by atoms with Gasteiger partial charge in [-0.15, -0.1) is 0 Å². The summed E-state index contributed by atoms with van der Waals surface area (Å²) >= 11 is 1.15. The van der Waals surface area contributed by atoms with Crippen LogP contribution in [0.2, 0.25) is 0 Å². The van der Waals surface area contributed by atoms with E-state index in [1.54, 1.807) is 19.1 Å². The van der Waals surface area contributed by atoms with Crippen LogP contribution in [0.5, 0.6) is 0 Å². The van der Waals surface area contributed by atoms with E-state index >= 15 is 0 Å². The third-order valence-electron chi connectivity index (χ3n) is 3.90. The summed E-state index contributed by atoms with van der Waals surface area (Å²) in [6.45, 7) is 1.75. The van der Waals surface area contributed by atoms with Crippen LogP contribution < -0.4 is 0 Å². The Balaban J connectivity index is 0.00000210. The van der Waals surface area contributed by atoms with Crippen LogP contribution >= 0.6 is 19.6 Å². The minimum atomic E-state index is -4.71. The largest absolute Gasteiger partial charge is 0.525 e. The van der Waals surface area contributed by atoms with Crippen molar-refractivity contribution in [2.24, 2.45) is 0 Å². The first-order valence-corrected chi connectivity index (χ1v) is 10.4. The standard InChI is InChI=1S/C20H17O5PS.2Y/c1-14(16-9-10-17-11-15(13-21)7-8-18(17)12-16)20(25-26(22,23)24)27-19-5-3-2-4-6-19;;/h2-13H,1H3,(H2,22,23,24);;/b20-14+;;. The fourth-order valence-electron chi connectivity index (χ4n) is 2.56. The first-order valence-electron chi connectivity index (χ1n) is 8.04. The van der Waals surface area contributed by atoms with Gasteiger partial charge in [0.1, 0.15) is 6.29 Å². The number of aldehydes is 1. The number of phosphoric ester groups is 1. The van der Waals surface area contributed by atoms with Gasteiger partial charge in [0.2, 0.25) is 0 Å². The zero-order valence-electron chi connectivity index (χ0n) is 15.6. The van der Waals surface area contributed by atoms with E-state index in [1.807, 2.05) is 54.6 Å². The van der Waals surface area contributed by atoms with E-state index in [0.29, 0.717) is 11.1 Å². The summed E-state index contributed by atoms with van der Waals surface area (Å²) < 4.78 is 16.4. The second-order valence-corrected chi connectivity index (χ2v) is 8.06. The molecule has 0 fully saturated rings. The van der Waals surface area contributed by atoms with E-state index in [9.17, 15) is 19.1 Å². The average Bonchev–Trinajstić information content (AvgIpc) is 2.65. The minimum Gasteiger partial charge on any atom is -0.397 e. The summed E-state index contributed by atoms with van der Waals surface area (Å²) in [6, 6.07) is 20.2. The van der Waals surface area contributed by atoms with Crippen molar-refractivity contribution in [1.29, 1.82) is 0 Å². The molecule has 2 radical (unpaired) electrons. The third-order valence-corrected chi connectivity index (χ3v) is 5.52. The van der Waals surface area contributed by atoms with Crippen LogP contribution in [0.25, 0.3) is 16.3 Å². The SMILES string of the molecule is C/C(=C(/OP(=O)(O)O)Sc1ccccc1)c1ccc2cc(C=O)ccc2c1.[Y].[Y]. The van der Waals surface area contributed by atoms with Crippen molar-refractivity contribution in [3.8, 4) is 0 Å². The van der Waals surface area contributed by atoms with Crippen LogP contribution in [0.1, 0.15) is 22.8 Å². The van der Waals surface area contributed by atoms with Gasteiger partial charge < -0.3 is 4.52 Å². The second-order valence-electron chi connectivity index (χ2n) is 5.85. The van der Waals surface area contributed by atoms with Gasteiger partial charge in [-0.2, -0.15) is 0 Å². The molecule has 0 aliphatic carbocycles. The van der Waals surface area contributed by atoms with E-state index in [4.69, 9.17) is 4.52 Å². The number of hydrogen-bond donors (Lipinski definition) is 2. The summed E-state index contributed by atoms with van der Waals surface area (Å²) in [5.74, 6) is 0. The molecule has 0 saturated carbocycles. The van der Waals surface area contributed by atoms with Gasteiger partial charge in [0.15, 0.2) is 5.09 Å². The normalized spacial score (nSPS) is 11.7. The van der Waals surface area contributed by atoms with Crippen LogP contribution in [0.3, 0.4) is 0 Å². The molecule has 3 aromatic rings. The van der Waals surface area contributed by atoms with Crippen molar-refractivity contribution in [2.75, 3.05) is 0 Å². The smallest absolute Gasteiger partial charge is 0.397 e. The fraction of sp³-hybridized carbons (Fsp3) is 0.0500. The Hall–Kier alpha value is -0.162. The number of phosphoric acid groups is 1. The van der Waals surface area contributed by atoms with E-state index in [-0.39, 0.29) is 70.5 Å². The van der Waals surface area contributed by atoms with Gasteiger partial charge in [-0.1, -0.05) is 54.2 Å². The minimum absolute atomic E-state index is 0. The molecule has 0 amide bonds. The van der Waals surface area contributed by atoms with Crippen LogP contribution in [0.15, 0.2) is 76.7 Å². The number of thioether (sulfide) groups is 1. The van der Waals surface area contributed by atoms with Crippen molar-refractivity contribution in [2.45, 2.75) is 11.8 Å². The molecule has 0 unspecified atom stereocenters. The van der Waals surface area contributed by atoms with Gasteiger partial charge >= 0.3 is 7.82 Å².